The Labute approximate surface area is 169 Å². The van der Waals surface area contributed by atoms with E-state index in [0.717, 1.165) is 0 Å². The molecule has 9 nitrogen and oxygen atoms in total. The normalized spacial score (nSPS) is 17.1. The van der Waals surface area contributed by atoms with Gasteiger partial charge in [0.25, 0.3) is 0 Å². The van der Waals surface area contributed by atoms with Crippen LogP contribution in [-0.4, -0.2) is 56.0 Å². The number of carbonyl (C=O) groups is 2. The molecule has 156 valence electrons. The van der Waals surface area contributed by atoms with Gasteiger partial charge in [-0.05, 0) is 31.0 Å². The van der Waals surface area contributed by atoms with Crippen LogP contribution < -0.4 is 10.1 Å². The molecule has 1 saturated heterocycles. The highest BCUT2D eigenvalue weighted by Gasteiger charge is 2.40. The summed E-state index contributed by atoms with van der Waals surface area (Å²) in [5, 5.41) is 2.75. The predicted molar refractivity (Wildman–Crippen MR) is 105 cm³/mol. The Morgan fingerprint density at radius 1 is 1.21 bits per heavy atom. The van der Waals surface area contributed by atoms with Gasteiger partial charge in [-0.2, -0.15) is 4.31 Å². The summed E-state index contributed by atoms with van der Waals surface area (Å²) in [6.45, 7) is 0.223. The quantitative estimate of drug-likeness (QED) is 0.710. The van der Waals surface area contributed by atoms with Crippen molar-refractivity contribution < 1.29 is 27.5 Å². The van der Waals surface area contributed by atoms with Crippen molar-refractivity contribution in [1.82, 2.24) is 8.87 Å². The monoisotopic (exact) mass is 421 g/mol. The zero-order valence-electron chi connectivity index (χ0n) is 16.4. The smallest absolute Gasteiger partial charge is 0.354 e. The minimum Gasteiger partial charge on any atom is -0.497 e. The lowest BCUT2D eigenvalue weighted by molar-refractivity contribution is -0.119. The fourth-order valence-corrected chi connectivity index (χ4v) is 5.06. The number of rotatable bonds is 6. The van der Waals surface area contributed by atoms with E-state index < -0.39 is 27.9 Å². The minimum absolute atomic E-state index is 0.0542. The third-order valence-electron chi connectivity index (χ3n) is 4.82. The van der Waals surface area contributed by atoms with Crippen molar-refractivity contribution in [3.05, 3.63) is 42.2 Å². The molecular formula is C19H23N3O6S. The maximum Gasteiger partial charge on any atom is 0.354 e. The standard InChI is InChI=1S/C19H23N3O6S/c1-21-12-15(11-17(21)19(24)28-3)29(25,26)22-9-5-8-16(22)18(23)20-13-6-4-7-14(10-13)27-2/h4,6-7,10-12,16H,5,8-9H2,1-3H3,(H,20,23). The molecule has 1 aromatic carbocycles. The summed E-state index contributed by atoms with van der Waals surface area (Å²) in [5.41, 5.74) is 0.633. The van der Waals surface area contributed by atoms with E-state index >= 15 is 0 Å². The van der Waals surface area contributed by atoms with Gasteiger partial charge in [0.05, 0.1) is 14.2 Å². The first-order valence-corrected chi connectivity index (χ1v) is 10.4. The zero-order chi connectivity index (χ0) is 21.2. The minimum atomic E-state index is -3.96. The number of amides is 1. The van der Waals surface area contributed by atoms with Gasteiger partial charge in [0.2, 0.25) is 15.9 Å². The number of ether oxygens (including phenoxy) is 2. The second-order valence-corrected chi connectivity index (χ2v) is 8.55. The number of hydrogen-bond donors (Lipinski definition) is 1. The van der Waals surface area contributed by atoms with E-state index in [9.17, 15) is 18.0 Å². The molecule has 1 aliphatic heterocycles. The number of esters is 1. The van der Waals surface area contributed by atoms with Crippen LogP contribution in [0.15, 0.2) is 41.4 Å². The van der Waals surface area contributed by atoms with Crippen molar-refractivity contribution in [2.45, 2.75) is 23.8 Å². The van der Waals surface area contributed by atoms with E-state index in [4.69, 9.17) is 4.74 Å². The fraction of sp³-hybridized carbons (Fsp3) is 0.368. The molecule has 1 fully saturated rings. The molecule has 2 heterocycles. The fourth-order valence-electron chi connectivity index (χ4n) is 3.33. The molecule has 29 heavy (non-hydrogen) atoms. The summed E-state index contributed by atoms with van der Waals surface area (Å²) >= 11 is 0. The molecule has 0 spiro atoms. The Hall–Kier alpha value is -2.85. The van der Waals surface area contributed by atoms with Crippen molar-refractivity contribution in [2.75, 3.05) is 26.1 Å². The molecule has 0 bridgehead atoms. The molecule has 0 aliphatic carbocycles. The molecule has 1 atom stereocenters. The van der Waals surface area contributed by atoms with Crippen molar-refractivity contribution in [3.63, 3.8) is 0 Å². The van der Waals surface area contributed by atoms with Crippen molar-refractivity contribution in [1.29, 1.82) is 0 Å². The largest absolute Gasteiger partial charge is 0.497 e. The molecule has 3 rings (SSSR count). The number of carbonyl (C=O) groups excluding carboxylic acids is 2. The Bertz CT molecular complexity index is 1030. The maximum atomic E-state index is 13.1. The second-order valence-electron chi connectivity index (χ2n) is 6.66. The maximum absolute atomic E-state index is 13.1. The van der Waals surface area contributed by atoms with Gasteiger partial charge < -0.3 is 19.4 Å². The van der Waals surface area contributed by atoms with Crippen LogP contribution in [0.4, 0.5) is 5.69 Å². The third kappa shape index (κ3) is 4.13. The third-order valence-corrected chi connectivity index (χ3v) is 6.70. The molecule has 1 aliphatic rings. The van der Waals surface area contributed by atoms with Crippen molar-refractivity contribution in [2.24, 2.45) is 7.05 Å². The van der Waals surface area contributed by atoms with Crippen molar-refractivity contribution >= 4 is 27.6 Å². The summed E-state index contributed by atoms with van der Waals surface area (Å²) in [6.07, 6.45) is 2.31. The van der Waals surface area contributed by atoms with E-state index in [-0.39, 0.29) is 17.1 Å². The van der Waals surface area contributed by atoms with Crippen molar-refractivity contribution in [3.8, 4) is 5.75 Å². The summed E-state index contributed by atoms with van der Waals surface area (Å²) in [5.74, 6) is -0.468. The highest BCUT2D eigenvalue weighted by atomic mass is 32.2. The Morgan fingerprint density at radius 2 is 1.97 bits per heavy atom. The molecule has 2 aromatic rings. The molecule has 0 saturated carbocycles. The van der Waals surface area contributed by atoms with Gasteiger partial charge in [0.15, 0.2) is 0 Å². The number of methoxy groups -OCH3 is 2. The average Bonchev–Trinajstić information content (AvgIpc) is 3.35. The van der Waals surface area contributed by atoms with E-state index in [2.05, 4.69) is 10.1 Å². The molecule has 10 heteroatoms. The van der Waals surface area contributed by atoms with E-state index in [1.807, 2.05) is 0 Å². The number of aryl methyl sites for hydroxylation is 1. The van der Waals surface area contributed by atoms with Gasteiger partial charge in [0, 0.05) is 31.5 Å². The van der Waals surface area contributed by atoms with Crippen LogP contribution in [0.25, 0.3) is 0 Å². The summed E-state index contributed by atoms with van der Waals surface area (Å²) in [4.78, 5) is 24.5. The van der Waals surface area contributed by atoms with Gasteiger partial charge in [-0.15, -0.1) is 0 Å². The highest BCUT2D eigenvalue weighted by molar-refractivity contribution is 7.89. The van der Waals surface area contributed by atoms with Gasteiger partial charge in [-0.25, -0.2) is 13.2 Å². The number of hydrogen-bond acceptors (Lipinski definition) is 6. The number of benzene rings is 1. The summed E-state index contributed by atoms with van der Waals surface area (Å²) in [7, 11) is 0.343. The number of nitrogens with zero attached hydrogens (tertiary/aromatic N) is 2. The molecule has 1 aromatic heterocycles. The molecule has 1 N–H and O–H groups in total. The summed E-state index contributed by atoms with van der Waals surface area (Å²) < 4.78 is 38.7. The predicted octanol–water partition coefficient (Wildman–Crippen LogP) is 1.61. The van der Waals surface area contributed by atoms with E-state index in [1.54, 1.807) is 31.3 Å². The van der Waals surface area contributed by atoms with E-state index in [1.165, 1.54) is 35.4 Å². The number of nitrogens with one attached hydrogen (secondary N) is 1. The average molecular weight is 421 g/mol. The lowest BCUT2D eigenvalue weighted by atomic mass is 10.2. The first-order valence-electron chi connectivity index (χ1n) is 8.99. The van der Waals surface area contributed by atoms with Crippen LogP contribution in [0.2, 0.25) is 0 Å². The zero-order valence-corrected chi connectivity index (χ0v) is 17.2. The van der Waals surface area contributed by atoms with Crippen LogP contribution in [0, 0.1) is 0 Å². The Morgan fingerprint density at radius 3 is 2.66 bits per heavy atom. The van der Waals surface area contributed by atoms with Gasteiger partial charge in [-0.3, -0.25) is 4.79 Å². The van der Waals surface area contributed by atoms with Gasteiger partial charge in [0.1, 0.15) is 22.4 Å². The molecule has 0 radical (unpaired) electrons. The lowest BCUT2D eigenvalue weighted by Crippen LogP contribution is -2.43. The first kappa shape index (κ1) is 20.9. The highest BCUT2D eigenvalue weighted by Crippen LogP contribution is 2.28. The molecule has 1 amide bonds. The van der Waals surface area contributed by atoms with Gasteiger partial charge >= 0.3 is 5.97 Å². The van der Waals surface area contributed by atoms with Crippen LogP contribution in [0.3, 0.4) is 0 Å². The van der Waals surface area contributed by atoms with Crippen LogP contribution >= 0.6 is 0 Å². The van der Waals surface area contributed by atoms with Gasteiger partial charge in [-0.1, -0.05) is 6.07 Å². The Kier molecular flexibility index (Phi) is 5.94. The Balaban J connectivity index is 1.83. The number of anilines is 1. The summed E-state index contributed by atoms with van der Waals surface area (Å²) in [6, 6.07) is 7.26. The van der Waals surface area contributed by atoms with Crippen LogP contribution in [0.5, 0.6) is 5.75 Å². The molecule has 1 unspecified atom stereocenters. The number of aromatic nitrogens is 1. The second kappa shape index (κ2) is 8.26. The SMILES string of the molecule is COC(=O)c1cc(S(=O)(=O)N2CCCC2C(=O)Nc2cccc(OC)c2)cn1C. The number of sulfonamides is 1. The first-order chi connectivity index (χ1) is 13.8. The van der Waals surface area contributed by atoms with Crippen LogP contribution in [0.1, 0.15) is 23.3 Å². The molecular weight excluding hydrogens is 398 g/mol. The topological polar surface area (TPSA) is 107 Å². The van der Waals surface area contributed by atoms with E-state index in [0.29, 0.717) is 24.3 Å². The lowest BCUT2D eigenvalue weighted by Gasteiger charge is -2.23. The van der Waals surface area contributed by atoms with Crippen LogP contribution in [-0.2, 0) is 26.6 Å².